The van der Waals surface area contributed by atoms with Crippen LogP contribution < -0.4 is 5.32 Å². The molecule has 2 aromatic rings. The molecule has 126 valence electrons. The van der Waals surface area contributed by atoms with Gasteiger partial charge in [0.05, 0.1) is 23.2 Å². The third-order valence-corrected chi connectivity index (χ3v) is 4.75. The van der Waals surface area contributed by atoms with Crippen molar-refractivity contribution >= 4 is 23.4 Å². The monoisotopic (exact) mass is 342 g/mol. The van der Waals surface area contributed by atoms with Gasteiger partial charge < -0.3 is 5.32 Å². The largest absolute Gasteiger partial charge is 0.322 e. The van der Waals surface area contributed by atoms with Crippen molar-refractivity contribution in [2.24, 2.45) is 0 Å². The summed E-state index contributed by atoms with van der Waals surface area (Å²) in [5, 5.41) is 15.5. The number of hydrogen-bond donors (Lipinski definition) is 1. The number of carbonyl (C=O) groups excluding carboxylic acids is 1. The van der Waals surface area contributed by atoms with Gasteiger partial charge in [-0.25, -0.2) is 0 Å². The van der Waals surface area contributed by atoms with Crippen molar-refractivity contribution in [2.45, 2.75) is 43.7 Å². The molecule has 24 heavy (non-hydrogen) atoms. The number of thioether (sulfide) groups is 1. The van der Waals surface area contributed by atoms with E-state index in [4.69, 9.17) is 5.26 Å². The number of aromatic nitrogens is 2. The van der Waals surface area contributed by atoms with Gasteiger partial charge in [0.15, 0.2) is 0 Å². The maximum absolute atomic E-state index is 12.2. The third kappa shape index (κ3) is 6.09. The summed E-state index contributed by atoms with van der Waals surface area (Å²) in [6.45, 7) is 2.67. The molecule has 1 unspecified atom stereocenters. The van der Waals surface area contributed by atoms with E-state index in [1.165, 1.54) is 5.56 Å². The summed E-state index contributed by atoms with van der Waals surface area (Å²) >= 11 is 1.61. The van der Waals surface area contributed by atoms with Crippen molar-refractivity contribution in [3.63, 3.8) is 0 Å². The van der Waals surface area contributed by atoms with E-state index in [-0.39, 0.29) is 11.2 Å². The molecule has 0 radical (unpaired) electrons. The minimum Gasteiger partial charge on any atom is -0.322 e. The third-order valence-electron chi connectivity index (χ3n) is 3.54. The molecule has 0 saturated heterocycles. The second-order valence-electron chi connectivity index (χ2n) is 5.54. The fraction of sp³-hybridized carbons (Fsp3) is 0.389. The molecule has 1 aromatic carbocycles. The van der Waals surface area contributed by atoms with Gasteiger partial charge in [0.2, 0.25) is 5.91 Å². The van der Waals surface area contributed by atoms with Crippen LogP contribution in [0.2, 0.25) is 0 Å². The molecule has 6 heteroatoms. The number of anilines is 1. The Balaban J connectivity index is 1.75. The first kappa shape index (κ1) is 18.1. The molecule has 0 saturated carbocycles. The van der Waals surface area contributed by atoms with E-state index < -0.39 is 0 Å². The topological polar surface area (TPSA) is 70.7 Å². The van der Waals surface area contributed by atoms with E-state index in [0.717, 1.165) is 25.1 Å². The second-order valence-corrected chi connectivity index (χ2v) is 6.86. The standard InChI is InChI=1S/C18H22N4OS/c1-15(24-14-16-8-4-2-5-9-16)18(23)21-17-12-20-22(13-17)11-7-3-6-10-19/h2,4-5,8-9,12-13,15H,3,6-7,11,14H2,1H3,(H,21,23). The van der Waals surface area contributed by atoms with E-state index in [9.17, 15) is 4.79 Å². The van der Waals surface area contributed by atoms with Gasteiger partial charge in [-0.05, 0) is 25.3 Å². The van der Waals surface area contributed by atoms with Crippen LogP contribution in [0.4, 0.5) is 5.69 Å². The first-order chi connectivity index (χ1) is 11.7. The lowest BCUT2D eigenvalue weighted by molar-refractivity contribution is -0.115. The van der Waals surface area contributed by atoms with Gasteiger partial charge in [0, 0.05) is 24.9 Å². The molecule has 1 heterocycles. The predicted molar refractivity (Wildman–Crippen MR) is 97.5 cm³/mol. The lowest BCUT2D eigenvalue weighted by atomic mass is 10.2. The molecule has 1 amide bonds. The Morgan fingerprint density at radius 2 is 2.17 bits per heavy atom. The molecule has 0 aliphatic carbocycles. The predicted octanol–water partition coefficient (Wildman–Crippen LogP) is 3.84. The van der Waals surface area contributed by atoms with E-state index in [1.54, 1.807) is 22.6 Å². The lowest BCUT2D eigenvalue weighted by Crippen LogP contribution is -2.22. The molecular weight excluding hydrogens is 320 g/mol. The molecule has 1 N–H and O–H groups in total. The summed E-state index contributed by atoms with van der Waals surface area (Å²) in [5.74, 6) is 0.799. The number of hydrogen-bond acceptors (Lipinski definition) is 4. The second kappa shape index (κ2) is 9.78. The van der Waals surface area contributed by atoms with Crippen molar-refractivity contribution in [3.05, 3.63) is 48.3 Å². The highest BCUT2D eigenvalue weighted by Crippen LogP contribution is 2.19. The highest BCUT2D eigenvalue weighted by molar-refractivity contribution is 7.99. The van der Waals surface area contributed by atoms with Crippen molar-refractivity contribution in [3.8, 4) is 6.07 Å². The van der Waals surface area contributed by atoms with Crippen molar-refractivity contribution in [1.29, 1.82) is 5.26 Å². The number of carbonyl (C=O) groups is 1. The molecule has 2 rings (SSSR count). The van der Waals surface area contributed by atoms with Gasteiger partial charge >= 0.3 is 0 Å². The van der Waals surface area contributed by atoms with Crippen LogP contribution in [0.25, 0.3) is 0 Å². The normalized spacial score (nSPS) is 11.7. The Hall–Kier alpha value is -2.26. The summed E-state index contributed by atoms with van der Waals surface area (Å²) in [5.41, 5.74) is 1.93. The quantitative estimate of drug-likeness (QED) is 0.703. The number of nitrogens with zero attached hydrogens (tertiary/aromatic N) is 3. The minimum atomic E-state index is -0.135. The molecule has 0 spiro atoms. The van der Waals surface area contributed by atoms with Gasteiger partial charge in [0.1, 0.15) is 0 Å². The Bertz CT molecular complexity index is 678. The van der Waals surface area contributed by atoms with Crippen LogP contribution in [-0.2, 0) is 17.1 Å². The smallest absolute Gasteiger partial charge is 0.237 e. The number of aryl methyl sites for hydroxylation is 1. The molecule has 5 nitrogen and oxygen atoms in total. The van der Waals surface area contributed by atoms with E-state index in [2.05, 4.69) is 28.6 Å². The maximum Gasteiger partial charge on any atom is 0.237 e. The summed E-state index contributed by atoms with van der Waals surface area (Å²) in [4.78, 5) is 12.2. The molecular formula is C18H22N4OS. The summed E-state index contributed by atoms with van der Waals surface area (Å²) in [7, 11) is 0. The molecule has 0 aliphatic heterocycles. The van der Waals surface area contributed by atoms with E-state index in [0.29, 0.717) is 12.1 Å². The summed E-state index contributed by atoms with van der Waals surface area (Å²) in [6.07, 6.45) is 5.84. The minimum absolute atomic E-state index is 0.0139. The zero-order valence-corrected chi connectivity index (χ0v) is 14.6. The number of unbranched alkanes of at least 4 members (excludes halogenated alkanes) is 2. The first-order valence-electron chi connectivity index (χ1n) is 8.05. The average Bonchev–Trinajstić information content (AvgIpc) is 3.05. The van der Waals surface area contributed by atoms with Gasteiger partial charge in [-0.1, -0.05) is 30.3 Å². The molecule has 0 aliphatic rings. The Morgan fingerprint density at radius 1 is 1.38 bits per heavy atom. The zero-order valence-electron chi connectivity index (χ0n) is 13.8. The van der Waals surface area contributed by atoms with Gasteiger partial charge in [-0.2, -0.15) is 10.4 Å². The van der Waals surface area contributed by atoms with Crippen molar-refractivity contribution < 1.29 is 4.79 Å². The van der Waals surface area contributed by atoms with Crippen LogP contribution in [-0.4, -0.2) is 20.9 Å². The van der Waals surface area contributed by atoms with Crippen LogP contribution >= 0.6 is 11.8 Å². The van der Waals surface area contributed by atoms with Crippen molar-refractivity contribution in [1.82, 2.24) is 9.78 Å². The van der Waals surface area contributed by atoms with Crippen LogP contribution in [0.5, 0.6) is 0 Å². The van der Waals surface area contributed by atoms with Crippen LogP contribution in [0, 0.1) is 11.3 Å². The number of rotatable bonds is 9. The number of benzene rings is 1. The first-order valence-corrected chi connectivity index (χ1v) is 9.09. The Labute approximate surface area is 147 Å². The van der Waals surface area contributed by atoms with Crippen LogP contribution in [0.15, 0.2) is 42.7 Å². The number of nitrogens with one attached hydrogen (secondary N) is 1. The highest BCUT2D eigenvalue weighted by Gasteiger charge is 2.14. The zero-order chi connectivity index (χ0) is 17.2. The summed E-state index contributed by atoms with van der Waals surface area (Å²) in [6, 6.07) is 12.3. The fourth-order valence-electron chi connectivity index (χ4n) is 2.14. The average molecular weight is 342 g/mol. The van der Waals surface area contributed by atoms with Gasteiger partial charge in [0.25, 0.3) is 0 Å². The molecule has 0 fully saturated rings. The summed E-state index contributed by atoms with van der Waals surface area (Å²) < 4.78 is 1.80. The van der Waals surface area contributed by atoms with E-state index in [1.807, 2.05) is 31.3 Å². The SMILES string of the molecule is CC(SCc1ccccc1)C(=O)Nc1cnn(CCCCC#N)c1. The Morgan fingerprint density at radius 3 is 2.92 bits per heavy atom. The molecule has 0 bridgehead atoms. The van der Waals surface area contributed by atoms with Gasteiger partial charge in [-0.15, -0.1) is 11.8 Å². The molecule has 1 aromatic heterocycles. The van der Waals surface area contributed by atoms with Crippen LogP contribution in [0.3, 0.4) is 0 Å². The van der Waals surface area contributed by atoms with Crippen LogP contribution in [0.1, 0.15) is 31.7 Å². The van der Waals surface area contributed by atoms with Crippen molar-refractivity contribution in [2.75, 3.05) is 5.32 Å². The van der Waals surface area contributed by atoms with E-state index >= 15 is 0 Å². The molecule has 1 atom stereocenters. The lowest BCUT2D eigenvalue weighted by Gasteiger charge is -2.10. The fourth-order valence-corrected chi connectivity index (χ4v) is 2.99. The Kier molecular flexibility index (Phi) is 7.37. The number of amides is 1. The number of nitriles is 1. The highest BCUT2D eigenvalue weighted by atomic mass is 32.2. The maximum atomic E-state index is 12.2. The van der Waals surface area contributed by atoms with Gasteiger partial charge in [-0.3, -0.25) is 9.48 Å².